The van der Waals surface area contributed by atoms with Crippen LogP contribution in [-0.2, 0) is 0 Å². The lowest BCUT2D eigenvalue weighted by atomic mass is 10.0. The Balaban J connectivity index is 1.91. The Morgan fingerprint density at radius 1 is 1.31 bits per heavy atom. The highest BCUT2D eigenvalue weighted by Gasteiger charge is 2.38. The lowest BCUT2D eigenvalue weighted by Gasteiger charge is -2.27. The molecule has 2 atom stereocenters. The Hall–Kier alpha value is -1.22. The summed E-state index contributed by atoms with van der Waals surface area (Å²) in [4.78, 5) is 2.50. The standard InChI is InChI=1S/C13H18N2O/c1-16-13-5-3-2-4-11(13)15-7-6-10-8-14-9-12(10)15/h2-5,10,12,14H,6-9H2,1H3. The fraction of sp³-hybridized carbons (Fsp3) is 0.538. The number of benzene rings is 1. The van der Waals surface area contributed by atoms with Crippen LogP contribution in [0, 0.1) is 5.92 Å². The molecule has 0 spiro atoms. The summed E-state index contributed by atoms with van der Waals surface area (Å²) in [6.07, 6.45) is 1.30. The molecule has 1 aromatic carbocycles. The van der Waals surface area contributed by atoms with Crippen LogP contribution in [0.5, 0.6) is 5.75 Å². The fourth-order valence-corrected chi connectivity index (χ4v) is 3.02. The zero-order chi connectivity index (χ0) is 11.0. The molecule has 0 saturated carbocycles. The maximum atomic E-state index is 5.44. The van der Waals surface area contributed by atoms with Gasteiger partial charge in [-0.05, 0) is 24.5 Å². The van der Waals surface area contributed by atoms with E-state index < -0.39 is 0 Å². The predicted molar refractivity (Wildman–Crippen MR) is 65.1 cm³/mol. The predicted octanol–water partition coefficient (Wildman–Crippen LogP) is 1.49. The highest BCUT2D eigenvalue weighted by atomic mass is 16.5. The molecule has 2 saturated heterocycles. The number of methoxy groups -OCH3 is 1. The second-order valence-corrected chi connectivity index (χ2v) is 4.64. The summed E-state index contributed by atoms with van der Waals surface area (Å²) in [5.41, 5.74) is 1.25. The van der Waals surface area contributed by atoms with Gasteiger partial charge in [0, 0.05) is 25.7 Å². The lowest BCUT2D eigenvalue weighted by Crippen LogP contribution is -2.34. The number of para-hydroxylation sites is 2. The molecular formula is C13H18N2O. The SMILES string of the molecule is COc1ccccc1N1CCC2CNCC21. The van der Waals surface area contributed by atoms with Crippen molar-refractivity contribution in [3.63, 3.8) is 0 Å². The molecule has 0 amide bonds. The molecule has 3 rings (SSSR count). The van der Waals surface area contributed by atoms with Gasteiger partial charge in [-0.3, -0.25) is 0 Å². The van der Waals surface area contributed by atoms with Gasteiger partial charge >= 0.3 is 0 Å². The molecule has 1 N–H and O–H groups in total. The molecule has 0 bridgehead atoms. The van der Waals surface area contributed by atoms with Gasteiger partial charge in [-0.25, -0.2) is 0 Å². The third-order valence-electron chi connectivity index (χ3n) is 3.84. The quantitative estimate of drug-likeness (QED) is 0.814. The Labute approximate surface area is 96.4 Å². The van der Waals surface area contributed by atoms with Gasteiger partial charge in [0.25, 0.3) is 0 Å². The summed E-state index contributed by atoms with van der Waals surface area (Å²) >= 11 is 0. The number of anilines is 1. The minimum Gasteiger partial charge on any atom is -0.495 e. The van der Waals surface area contributed by atoms with Crippen LogP contribution in [-0.4, -0.2) is 32.8 Å². The van der Waals surface area contributed by atoms with Crippen LogP contribution in [0.4, 0.5) is 5.69 Å². The van der Waals surface area contributed by atoms with Crippen LogP contribution in [0.2, 0.25) is 0 Å². The molecule has 0 radical (unpaired) electrons. The van der Waals surface area contributed by atoms with Gasteiger partial charge < -0.3 is 15.0 Å². The Morgan fingerprint density at radius 3 is 3.06 bits per heavy atom. The van der Waals surface area contributed by atoms with E-state index in [2.05, 4.69) is 22.3 Å². The van der Waals surface area contributed by atoms with Gasteiger partial charge in [-0.2, -0.15) is 0 Å². The van der Waals surface area contributed by atoms with E-state index >= 15 is 0 Å². The molecule has 2 aliphatic rings. The molecule has 3 nitrogen and oxygen atoms in total. The molecule has 2 unspecified atom stereocenters. The fourth-order valence-electron chi connectivity index (χ4n) is 3.02. The van der Waals surface area contributed by atoms with Gasteiger partial charge in [0.2, 0.25) is 0 Å². The smallest absolute Gasteiger partial charge is 0.142 e. The van der Waals surface area contributed by atoms with Gasteiger partial charge in [0.1, 0.15) is 5.75 Å². The second-order valence-electron chi connectivity index (χ2n) is 4.64. The van der Waals surface area contributed by atoms with Gasteiger partial charge in [-0.15, -0.1) is 0 Å². The van der Waals surface area contributed by atoms with Crippen molar-refractivity contribution in [2.24, 2.45) is 5.92 Å². The summed E-state index contributed by atoms with van der Waals surface area (Å²) in [6, 6.07) is 9.00. The van der Waals surface area contributed by atoms with E-state index in [9.17, 15) is 0 Å². The third kappa shape index (κ3) is 1.47. The first-order valence-electron chi connectivity index (χ1n) is 6.00. The van der Waals surface area contributed by atoms with E-state index in [1.165, 1.54) is 18.7 Å². The van der Waals surface area contributed by atoms with E-state index in [1.807, 2.05) is 12.1 Å². The molecule has 86 valence electrons. The average Bonchev–Trinajstić information content (AvgIpc) is 2.91. The summed E-state index contributed by atoms with van der Waals surface area (Å²) in [5, 5.41) is 3.48. The number of rotatable bonds is 2. The van der Waals surface area contributed by atoms with E-state index in [0.29, 0.717) is 6.04 Å². The van der Waals surface area contributed by atoms with Crippen LogP contribution in [0.3, 0.4) is 0 Å². The number of nitrogens with one attached hydrogen (secondary N) is 1. The molecule has 1 aromatic rings. The number of hydrogen-bond acceptors (Lipinski definition) is 3. The van der Waals surface area contributed by atoms with Crippen LogP contribution < -0.4 is 15.0 Å². The maximum absolute atomic E-state index is 5.44. The van der Waals surface area contributed by atoms with Crippen molar-refractivity contribution >= 4 is 5.69 Å². The van der Waals surface area contributed by atoms with Crippen LogP contribution in [0.1, 0.15) is 6.42 Å². The number of nitrogens with zero attached hydrogens (tertiary/aromatic N) is 1. The van der Waals surface area contributed by atoms with Crippen molar-refractivity contribution in [1.29, 1.82) is 0 Å². The van der Waals surface area contributed by atoms with Gasteiger partial charge in [-0.1, -0.05) is 12.1 Å². The summed E-state index contributed by atoms with van der Waals surface area (Å²) in [7, 11) is 1.75. The lowest BCUT2D eigenvalue weighted by molar-refractivity contribution is 0.413. The molecule has 2 heterocycles. The van der Waals surface area contributed by atoms with Crippen molar-refractivity contribution in [2.45, 2.75) is 12.5 Å². The van der Waals surface area contributed by atoms with Gasteiger partial charge in [0.15, 0.2) is 0 Å². The minimum absolute atomic E-state index is 0.663. The third-order valence-corrected chi connectivity index (χ3v) is 3.84. The highest BCUT2D eigenvalue weighted by Crippen LogP contribution is 2.36. The molecule has 0 aromatic heterocycles. The first-order chi connectivity index (χ1) is 7.90. The van der Waals surface area contributed by atoms with Crippen molar-refractivity contribution in [3.05, 3.63) is 24.3 Å². The molecule has 3 heteroatoms. The molecular weight excluding hydrogens is 200 g/mol. The molecule has 2 aliphatic heterocycles. The van der Waals surface area contributed by atoms with Crippen molar-refractivity contribution in [2.75, 3.05) is 31.6 Å². The largest absolute Gasteiger partial charge is 0.495 e. The highest BCUT2D eigenvalue weighted by molar-refractivity contribution is 5.60. The number of fused-ring (bicyclic) bond motifs is 1. The van der Waals surface area contributed by atoms with Crippen LogP contribution in [0.15, 0.2) is 24.3 Å². The Kier molecular flexibility index (Phi) is 2.48. The van der Waals surface area contributed by atoms with Crippen LogP contribution >= 0.6 is 0 Å². The zero-order valence-corrected chi connectivity index (χ0v) is 9.65. The number of ether oxygens (including phenoxy) is 1. The van der Waals surface area contributed by atoms with E-state index in [0.717, 1.165) is 24.8 Å². The summed E-state index contributed by atoms with van der Waals surface area (Å²) in [6.45, 7) is 3.45. The Morgan fingerprint density at radius 2 is 2.19 bits per heavy atom. The van der Waals surface area contributed by atoms with Crippen molar-refractivity contribution in [1.82, 2.24) is 5.32 Å². The van der Waals surface area contributed by atoms with Crippen LogP contribution in [0.25, 0.3) is 0 Å². The van der Waals surface area contributed by atoms with Crippen molar-refractivity contribution < 1.29 is 4.74 Å². The zero-order valence-electron chi connectivity index (χ0n) is 9.65. The maximum Gasteiger partial charge on any atom is 0.142 e. The van der Waals surface area contributed by atoms with E-state index in [1.54, 1.807) is 7.11 Å². The second kappa shape index (κ2) is 3.98. The summed E-state index contributed by atoms with van der Waals surface area (Å²) < 4.78 is 5.44. The first kappa shape index (κ1) is 9.97. The first-order valence-corrected chi connectivity index (χ1v) is 6.00. The topological polar surface area (TPSA) is 24.5 Å². The summed E-state index contributed by atoms with van der Waals surface area (Å²) in [5.74, 6) is 1.82. The Bertz CT molecular complexity index is 380. The number of hydrogen-bond donors (Lipinski definition) is 1. The van der Waals surface area contributed by atoms with Gasteiger partial charge in [0.05, 0.1) is 12.8 Å². The monoisotopic (exact) mass is 218 g/mol. The normalized spacial score (nSPS) is 28.2. The molecule has 2 fully saturated rings. The molecule has 0 aliphatic carbocycles. The molecule has 16 heavy (non-hydrogen) atoms. The average molecular weight is 218 g/mol. The van der Waals surface area contributed by atoms with Crippen molar-refractivity contribution in [3.8, 4) is 5.75 Å². The minimum atomic E-state index is 0.663. The van der Waals surface area contributed by atoms with E-state index in [4.69, 9.17) is 4.74 Å². The van der Waals surface area contributed by atoms with E-state index in [-0.39, 0.29) is 0 Å².